The van der Waals surface area contributed by atoms with E-state index >= 15 is 0 Å². The van der Waals surface area contributed by atoms with Crippen molar-refractivity contribution in [2.24, 2.45) is 5.73 Å². The Morgan fingerprint density at radius 2 is 1.79 bits per heavy atom. The van der Waals surface area contributed by atoms with E-state index in [1.165, 1.54) is 11.1 Å². The summed E-state index contributed by atoms with van der Waals surface area (Å²) in [6.45, 7) is 0.453. The van der Waals surface area contributed by atoms with E-state index in [2.05, 4.69) is 12.1 Å². The van der Waals surface area contributed by atoms with Crippen LogP contribution in [0, 0.1) is 0 Å². The molecule has 0 spiro atoms. The van der Waals surface area contributed by atoms with Crippen molar-refractivity contribution < 1.29 is 9.90 Å². The second-order valence-electron chi connectivity index (χ2n) is 6.01. The number of fused-ring (bicyclic) bond motifs is 1. The fourth-order valence-corrected chi connectivity index (χ4v) is 3.99. The molecule has 3 rings (SSSR count). The van der Waals surface area contributed by atoms with Gasteiger partial charge in [0.2, 0.25) is 0 Å². The molecule has 19 heavy (non-hydrogen) atoms. The van der Waals surface area contributed by atoms with Crippen LogP contribution in [-0.4, -0.2) is 23.0 Å². The molecular weight excluding hydrogens is 238 g/mol. The van der Waals surface area contributed by atoms with Crippen molar-refractivity contribution in [3.8, 4) is 0 Å². The largest absolute Gasteiger partial charge is 0.389 e. The zero-order chi connectivity index (χ0) is 13.5. The molecule has 3 heteroatoms. The summed E-state index contributed by atoms with van der Waals surface area (Å²) in [4.78, 5) is 11.5. The van der Waals surface area contributed by atoms with Gasteiger partial charge in [0.05, 0.1) is 5.60 Å². The van der Waals surface area contributed by atoms with E-state index < -0.39 is 5.60 Å². The van der Waals surface area contributed by atoms with Gasteiger partial charge in [-0.2, -0.15) is 0 Å². The first-order chi connectivity index (χ1) is 9.11. The zero-order valence-corrected chi connectivity index (χ0v) is 11.2. The Kier molecular flexibility index (Phi) is 2.99. The Morgan fingerprint density at radius 3 is 2.47 bits per heavy atom. The van der Waals surface area contributed by atoms with Gasteiger partial charge >= 0.3 is 0 Å². The van der Waals surface area contributed by atoms with Gasteiger partial charge in [-0.1, -0.05) is 24.3 Å². The van der Waals surface area contributed by atoms with Crippen molar-refractivity contribution in [2.45, 2.75) is 49.5 Å². The molecule has 1 atom stereocenters. The number of aliphatic hydroxyl groups is 1. The van der Waals surface area contributed by atoms with E-state index in [1.807, 2.05) is 12.1 Å². The molecule has 3 N–H and O–H groups in total. The topological polar surface area (TPSA) is 63.3 Å². The standard InChI is InChI=1S/C16H21NO2/c17-11-15(16(19)9-6-13(18)7-10-16)8-5-12-3-1-2-4-14(12)15/h1-4,19H,5-11,17H2. The average Bonchev–Trinajstić information content (AvgIpc) is 2.83. The number of hydrogen-bond acceptors (Lipinski definition) is 3. The fraction of sp³-hybridized carbons (Fsp3) is 0.562. The second-order valence-corrected chi connectivity index (χ2v) is 6.01. The Morgan fingerprint density at radius 1 is 1.11 bits per heavy atom. The number of Topliss-reactive ketones (excluding diaryl/α,β-unsaturated/α-hetero) is 1. The highest BCUT2D eigenvalue weighted by atomic mass is 16.3. The summed E-state index contributed by atoms with van der Waals surface area (Å²) in [6, 6.07) is 8.29. The van der Waals surface area contributed by atoms with Crippen LogP contribution in [0.4, 0.5) is 0 Å². The van der Waals surface area contributed by atoms with Crippen molar-refractivity contribution in [3.63, 3.8) is 0 Å². The number of hydrogen-bond donors (Lipinski definition) is 2. The summed E-state index contributed by atoms with van der Waals surface area (Å²) in [5.74, 6) is 0.267. The number of aryl methyl sites for hydroxylation is 1. The molecule has 0 heterocycles. The minimum atomic E-state index is -0.817. The summed E-state index contributed by atoms with van der Waals surface area (Å²) in [5, 5.41) is 11.2. The quantitative estimate of drug-likeness (QED) is 0.849. The maximum absolute atomic E-state index is 11.5. The molecule has 1 saturated carbocycles. The van der Waals surface area contributed by atoms with Crippen molar-refractivity contribution in [3.05, 3.63) is 35.4 Å². The monoisotopic (exact) mass is 259 g/mol. The minimum Gasteiger partial charge on any atom is -0.389 e. The van der Waals surface area contributed by atoms with E-state index in [4.69, 9.17) is 5.73 Å². The average molecular weight is 259 g/mol. The molecule has 1 fully saturated rings. The van der Waals surface area contributed by atoms with Gasteiger partial charge in [0, 0.05) is 24.8 Å². The van der Waals surface area contributed by atoms with Crippen molar-refractivity contribution >= 4 is 5.78 Å². The first-order valence-electron chi connectivity index (χ1n) is 7.14. The van der Waals surface area contributed by atoms with Gasteiger partial charge in [-0.3, -0.25) is 4.79 Å². The molecule has 0 radical (unpaired) electrons. The third-order valence-electron chi connectivity index (χ3n) is 5.23. The Balaban J connectivity index is 2.03. The molecule has 0 amide bonds. The van der Waals surface area contributed by atoms with Crippen LogP contribution in [-0.2, 0) is 16.6 Å². The lowest BCUT2D eigenvalue weighted by Gasteiger charge is -2.47. The van der Waals surface area contributed by atoms with Crippen LogP contribution in [0.25, 0.3) is 0 Å². The van der Waals surface area contributed by atoms with Crippen LogP contribution in [0.3, 0.4) is 0 Å². The smallest absolute Gasteiger partial charge is 0.133 e. The van der Waals surface area contributed by atoms with Gasteiger partial charge < -0.3 is 10.8 Å². The van der Waals surface area contributed by atoms with Gasteiger partial charge in [-0.15, -0.1) is 0 Å². The summed E-state index contributed by atoms with van der Waals surface area (Å²) < 4.78 is 0. The van der Waals surface area contributed by atoms with Crippen molar-refractivity contribution in [1.82, 2.24) is 0 Å². The van der Waals surface area contributed by atoms with Gasteiger partial charge in [0.25, 0.3) is 0 Å². The molecule has 0 bridgehead atoms. The minimum absolute atomic E-state index is 0.267. The number of benzene rings is 1. The van der Waals surface area contributed by atoms with Gasteiger partial charge in [0.15, 0.2) is 0 Å². The lowest BCUT2D eigenvalue weighted by molar-refractivity contribution is -0.130. The van der Waals surface area contributed by atoms with E-state index in [-0.39, 0.29) is 11.2 Å². The SMILES string of the molecule is NCC1(C2(O)CCC(=O)CC2)CCc2ccccc21. The van der Waals surface area contributed by atoms with Crippen LogP contribution in [0.15, 0.2) is 24.3 Å². The number of rotatable bonds is 2. The van der Waals surface area contributed by atoms with Crippen molar-refractivity contribution in [2.75, 3.05) is 6.54 Å². The fourth-order valence-electron chi connectivity index (χ4n) is 3.99. The van der Waals surface area contributed by atoms with Gasteiger partial charge in [0.1, 0.15) is 5.78 Å². The van der Waals surface area contributed by atoms with Crippen molar-refractivity contribution in [1.29, 1.82) is 0 Å². The normalized spacial score (nSPS) is 29.3. The van der Waals surface area contributed by atoms with Gasteiger partial charge in [-0.05, 0) is 36.8 Å². The number of nitrogens with two attached hydrogens (primary N) is 1. The molecule has 2 aliphatic rings. The third-order valence-corrected chi connectivity index (χ3v) is 5.23. The van der Waals surface area contributed by atoms with E-state index in [1.54, 1.807) is 0 Å². The highest BCUT2D eigenvalue weighted by Crippen LogP contribution is 2.50. The number of carbonyl (C=O) groups excluding carboxylic acids is 1. The van der Waals surface area contributed by atoms with E-state index in [0.717, 1.165) is 12.8 Å². The summed E-state index contributed by atoms with van der Waals surface area (Å²) in [6.07, 6.45) is 3.95. The zero-order valence-electron chi connectivity index (χ0n) is 11.2. The van der Waals surface area contributed by atoms with Gasteiger partial charge in [-0.25, -0.2) is 0 Å². The van der Waals surface area contributed by atoms with E-state index in [0.29, 0.717) is 32.2 Å². The second kappa shape index (κ2) is 4.43. The molecule has 1 unspecified atom stereocenters. The maximum Gasteiger partial charge on any atom is 0.133 e. The predicted molar refractivity (Wildman–Crippen MR) is 73.9 cm³/mol. The molecule has 0 aromatic heterocycles. The van der Waals surface area contributed by atoms with Crippen LogP contribution in [0.1, 0.15) is 43.2 Å². The number of carbonyl (C=O) groups is 1. The summed E-state index contributed by atoms with van der Waals surface area (Å²) in [5.41, 5.74) is 7.42. The Bertz CT molecular complexity index is 501. The van der Waals surface area contributed by atoms with E-state index in [9.17, 15) is 9.90 Å². The number of ketones is 1. The first kappa shape index (κ1) is 12.8. The first-order valence-corrected chi connectivity index (χ1v) is 7.14. The third kappa shape index (κ3) is 1.76. The molecule has 1 aromatic rings. The maximum atomic E-state index is 11.5. The predicted octanol–water partition coefficient (Wildman–Crippen LogP) is 1.70. The van der Waals surface area contributed by atoms with Crippen LogP contribution in [0.2, 0.25) is 0 Å². The molecule has 1 aromatic carbocycles. The Labute approximate surface area is 113 Å². The highest BCUT2D eigenvalue weighted by Gasteiger charge is 2.54. The van der Waals surface area contributed by atoms with Crippen LogP contribution >= 0.6 is 0 Å². The molecule has 0 saturated heterocycles. The molecule has 3 nitrogen and oxygen atoms in total. The van der Waals surface area contributed by atoms with Crippen LogP contribution < -0.4 is 5.73 Å². The molecular formula is C16H21NO2. The lowest BCUT2D eigenvalue weighted by Crippen LogP contribution is -2.56. The Hall–Kier alpha value is -1.19. The molecule has 102 valence electrons. The highest BCUT2D eigenvalue weighted by molar-refractivity contribution is 5.79. The van der Waals surface area contributed by atoms with Crippen LogP contribution in [0.5, 0.6) is 0 Å². The molecule has 2 aliphatic carbocycles. The molecule has 0 aliphatic heterocycles. The summed E-state index contributed by atoms with van der Waals surface area (Å²) >= 11 is 0. The summed E-state index contributed by atoms with van der Waals surface area (Å²) in [7, 11) is 0. The lowest BCUT2D eigenvalue weighted by atomic mass is 9.62.